The maximum atomic E-state index is 15.1. The van der Waals surface area contributed by atoms with Crippen LogP contribution in [-0.2, 0) is 0 Å². The number of pyridine rings is 2. The molecule has 0 saturated carbocycles. The number of aryl methyl sites for hydroxylation is 1. The number of nitrogens with one attached hydrogen (secondary N) is 1. The number of halogens is 1. The molecule has 3 heterocycles. The lowest BCUT2D eigenvalue weighted by atomic mass is 10.0. The van der Waals surface area contributed by atoms with Crippen LogP contribution in [0.15, 0.2) is 58.8 Å². The largest absolute Gasteiger partial charge is 0.326 e. The number of nitrogens with zero attached hydrogens (tertiary/aromatic N) is 1. The molecule has 0 bridgehead atoms. The van der Waals surface area contributed by atoms with E-state index in [1.807, 2.05) is 17.5 Å². The van der Waals surface area contributed by atoms with E-state index in [1.165, 1.54) is 0 Å². The van der Waals surface area contributed by atoms with E-state index in [0.29, 0.717) is 16.8 Å². The van der Waals surface area contributed by atoms with Crippen LogP contribution in [0.4, 0.5) is 4.39 Å². The van der Waals surface area contributed by atoms with Crippen molar-refractivity contribution in [2.45, 2.75) is 6.92 Å². The molecule has 0 amide bonds. The molecule has 3 aromatic heterocycles. The van der Waals surface area contributed by atoms with E-state index >= 15 is 4.39 Å². The molecule has 0 spiro atoms. The van der Waals surface area contributed by atoms with Crippen LogP contribution in [0.1, 0.15) is 5.69 Å². The molecule has 4 aromatic rings. The molecule has 0 aliphatic rings. The van der Waals surface area contributed by atoms with Gasteiger partial charge in [0.1, 0.15) is 5.82 Å². The second kappa shape index (κ2) is 5.69. The summed E-state index contributed by atoms with van der Waals surface area (Å²) in [4.78, 5) is 19.2. The molecular formula is C19H13FN2OS. The molecule has 24 heavy (non-hydrogen) atoms. The van der Waals surface area contributed by atoms with Crippen LogP contribution in [0.3, 0.4) is 0 Å². The van der Waals surface area contributed by atoms with E-state index in [-0.39, 0.29) is 11.1 Å². The Labute approximate surface area is 141 Å². The van der Waals surface area contributed by atoms with Crippen molar-refractivity contribution in [2.24, 2.45) is 0 Å². The first kappa shape index (κ1) is 14.8. The number of aromatic amines is 1. The van der Waals surface area contributed by atoms with Crippen molar-refractivity contribution in [3.05, 3.63) is 75.9 Å². The predicted octanol–water partition coefficient (Wildman–Crippen LogP) is 4.77. The molecule has 0 aliphatic carbocycles. The Morgan fingerprint density at radius 3 is 2.75 bits per heavy atom. The molecule has 3 nitrogen and oxygen atoms in total. The van der Waals surface area contributed by atoms with E-state index in [4.69, 9.17) is 0 Å². The topological polar surface area (TPSA) is 45.8 Å². The fourth-order valence-corrected chi connectivity index (χ4v) is 3.52. The third-order valence-corrected chi connectivity index (χ3v) is 4.84. The van der Waals surface area contributed by atoms with Crippen LogP contribution in [0.5, 0.6) is 0 Å². The van der Waals surface area contributed by atoms with E-state index < -0.39 is 5.82 Å². The highest BCUT2D eigenvalue weighted by Crippen LogP contribution is 2.31. The van der Waals surface area contributed by atoms with Gasteiger partial charge < -0.3 is 4.98 Å². The van der Waals surface area contributed by atoms with Gasteiger partial charge in [0.05, 0.1) is 5.69 Å². The van der Waals surface area contributed by atoms with Crippen molar-refractivity contribution in [3.8, 4) is 22.4 Å². The predicted molar refractivity (Wildman–Crippen MR) is 95.8 cm³/mol. The van der Waals surface area contributed by atoms with Crippen molar-refractivity contribution in [3.63, 3.8) is 0 Å². The Balaban J connectivity index is 1.90. The summed E-state index contributed by atoms with van der Waals surface area (Å²) >= 11 is 1.59. The maximum Gasteiger partial charge on any atom is 0.256 e. The summed E-state index contributed by atoms with van der Waals surface area (Å²) in [7, 11) is 0. The summed E-state index contributed by atoms with van der Waals surface area (Å²) in [5.74, 6) is -0.435. The van der Waals surface area contributed by atoms with Crippen molar-refractivity contribution in [2.75, 3.05) is 0 Å². The third-order valence-electron chi connectivity index (χ3n) is 3.96. The number of H-pyrrole nitrogens is 1. The normalized spacial score (nSPS) is 11.1. The molecule has 5 heteroatoms. The zero-order chi connectivity index (χ0) is 16.7. The van der Waals surface area contributed by atoms with E-state index in [1.54, 1.807) is 54.8 Å². The lowest BCUT2D eigenvalue weighted by Gasteiger charge is -2.08. The van der Waals surface area contributed by atoms with Crippen molar-refractivity contribution < 1.29 is 4.39 Å². The smallest absolute Gasteiger partial charge is 0.256 e. The van der Waals surface area contributed by atoms with Crippen LogP contribution in [-0.4, -0.2) is 9.97 Å². The van der Waals surface area contributed by atoms with Gasteiger partial charge in [0, 0.05) is 38.7 Å². The Bertz CT molecular complexity index is 1110. The monoisotopic (exact) mass is 336 g/mol. The number of aromatic nitrogens is 2. The van der Waals surface area contributed by atoms with E-state index in [2.05, 4.69) is 9.97 Å². The standard InChI is InChI=1S/C19H13FN2OS/c1-11-5-6-14(19(23)22-11)13-3-2-4-15(18(13)20)16-9-17-12(10-21-16)7-8-24-17/h2-10H,1H3,(H,22,23). The fourth-order valence-electron chi connectivity index (χ4n) is 2.72. The van der Waals surface area contributed by atoms with Crippen molar-refractivity contribution >= 4 is 21.4 Å². The Kier molecular flexibility index (Phi) is 3.50. The van der Waals surface area contributed by atoms with Gasteiger partial charge >= 0.3 is 0 Å². The quantitative estimate of drug-likeness (QED) is 0.573. The van der Waals surface area contributed by atoms with Crippen molar-refractivity contribution in [1.82, 2.24) is 9.97 Å². The summed E-state index contributed by atoms with van der Waals surface area (Å²) in [5, 5.41) is 3.02. The Morgan fingerprint density at radius 2 is 1.92 bits per heavy atom. The number of benzene rings is 1. The molecule has 0 aliphatic heterocycles. The van der Waals surface area contributed by atoms with Crippen LogP contribution < -0.4 is 5.56 Å². The van der Waals surface area contributed by atoms with Crippen molar-refractivity contribution in [1.29, 1.82) is 0 Å². The van der Waals surface area contributed by atoms with Crippen LogP contribution >= 0.6 is 11.3 Å². The summed E-state index contributed by atoms with van der Waals surface area (Å²) in [5.41, 5.74) is 1.99. The van der Waals surface area contributed by atoms with Gasteiger partial charge in [0.2, 0.25) is 0 Å². The van der Waals surface area contributed by atoms with E-state index in [0.717, 1.165) is 15.8 Å². The van der Waals surface area contributed by atoms with Gasteiger partial charge in [-0.15, -0.1) is 11.3 Å². The van der Waals surface area contributed by atoms with Crippen LogP contribution in [0.25, 0.3) is 32.5 Å². The SMILES string of the molecule is Cc1ccc(-c2cccc(-c3cc4sccc4cn3)c2F)c(=O)[nH]1. The summed E-state index contributed by atoms with van der Waals surface area (Å²) in [6, 6.07) is 12.3. The molecule has 0 radical (unpaired) electrons. The molecule has 4 rings (SSSR count). The zero-order valence-corrected chi connectivity index (χ0v) is 13.7. The molecule has 0 atom stereocenters. The van der Waals surface area contributed by atoms with E-state index in [9.17, 15) is 4.79 Å². The molecular weight excluding hydrogens is 323 g/mol. The lowest BCUT2D eigenvalue weighted by molar-refractivity contribution is 0.634. The van der Waals surface area contributed by atoms with Crippen LogP contribution in [0.2, 0.25) is 0 Å². The molecule has 0 saturated heterocycles. The van der Waals surface area contributed by atoms with Gasteiger partial charge in [-0.25, -0.2) is 4.39 Å². The molecule has 1 N–H and O–H groups in total. The highest BCUT2D eigenvalue weighted by atomic mass is 32.1. The highest BCUT2D eigenvalue weighted by Gasteiger charge is 2.15. The lowest BCUT2D eigenvalue weighted by Crippen LogP contribution is -2.10. The van der Waals surface area contributed by atoms with Gasteiger partial charge in [-0.05, 0) is 42.6 Å². The van der Waals surface area contributed by atoms with Gasteiger partial charge in [-0.2, -0.15) is 0 Å². The maximum absolute atomic E-state index is 15.1. The zero-order valence-electron chi connectivity index (χ0n) is 12.8. The minimum Gasteiger partial charge on any atom is -0.326 e. The van der Waals surface area contributed by atoms with Gasteiger partial charge in [0.25, 0.3) is 5.56 Å². The van der Waals surface area contributed by atoms with Gasteiger partial charge in [-0.1, -0.05) is 12.1 Å². The Hall–Kier alpha value is -2.79. The summed E-state index contributed by atoms with van der Waals surface area (Å²) < 4.78 is 16.1. The third kappa shape index (κ3) is 2.43. The first-order valence-corrected chi connectivity index (χ1v) is 8.34. The number of hydrogen-bond donors (Lipinski definition) is 1. The first-order valence-electron chi connectivity index (χ1n) is 7.46. The summed E-state index contributed by atoms with van der Waals surface area (Å²) in [6.45, 7) is 1.79. The minimum atomic E-state index is -0.435. The number of fused-ring (bicyclic) bond motifs is 1. The van der Waals surface area contributed by atoms with Gasteiger partial charge in [0.15, 0.2) is 0 Å². The number of thiophene rings is 1. The highest BCUT2D eigenvalue weighted by molar-refractivity contribution is 7.17. The minimum absolute atomic E-state index is 0.279. The average Bonchev–Trinajstić information content (AvgIpc) is 3.03. The second-order valence-corrected chi connectivity index (χ2v) is 6.53. The number of rotatable bonds is 2. The molecule has 1 aromatic carbocycles. The molecule has 0 fully saturated rings. The molecule has 118 valence electrons. The van der Waals surface area contributed by atoms with Gasteiger partial charge in [-0.3, -0.25) is 9.78 Å². The summed E-state index contributed by atoms with van der Waals surface area (Å²) in [6.07, 6.45) is 1.74. The molecule has 0 unspecified atom stereocenters. The number of hydrogen-bond acceptors (Lipinski definition) is 3. The first-order chi connectivity index (χ1) is 11.6. The average molecular weight is 336 g/mol. The fraction of sp³-hybridized carbons (Fsp3) is 0.0526. The second-order valence-electron chi connectivity index (χ2n) is 5.58. The van der Waals surface area contributed by atoms with Crippen LogP contribution in [0, 0.1) is 12.7 Å². The Morgan fingerprint density at radius 1 is 1.08 bits per heavy atom.